The molecule has 1 N–H and O–H groups in total. The summed E-state index contributed by atoms with van der Waals surface area (Å²) in [6, 6.07) is 11.5. The molecule has 0 aliphatic rings. The zero-order chi connectivity index (χ0) is 12.3. The number of anilines is 2. The van der Waals surface area contributed by atoms with Crippen molar-refractivity contribution in [1.82, 2.24) is 4.98 Å². The van der Waals surface area contributed by atoms with Crippen LogP contribution in [0.1, 0.15) is 11.1 Å². The summed E-state index contributed by atoms with van der Waals surface area (Å²) < 4.78 is 1.02. The van der Waals surface area contributed by atoms with Crippen molar-refractivity contribution in [2.75, 3.05) is 5.32 Å². The Bertz CT molecular complexity index is 587. The molecule has 0 saturated carbocycles. The van der Waals surface area contributed by atoms with Crippen molar-refractivity contribution in [3.05, 3.63) is 52.1 Å². The predicted octanol–water partition coefficient (Wildman–Crippen LogP) is 3.77. The fourth-order valence-electron chi connectivity index (χ4n) is 1.40. The van der Waals surface area contributed by atoms with Gasteiger partial charge in [0.2, 0.25) is 0 Å². The third-order valence-corrected chi connectivity index (χ3v) is 3.22. The fraction of sp³-hybridized carbons (Fsp3) is 0.0769. The molecular formula is C13H10BrN3. The minimum Gasteiger partial charge on any atom is -0.339 e. The molecule has 84 valence electrons. The van der Waals surface area contributed by atoms with Crippen LogP contribution in [0, 0.1) is 18.3 Å². The first-order valence-electron chi connectivity index (χ1n) is 5.09. The third-order valence-electron chi connectivity index (χ3n) is 2.36. The minimum atomic E-state index is 0.532. The molecule has 0 amide bonds. The zero-order valence-electron chi connectivity index (χ0n) is 9.24. The largest absolute Gasteiger partial charge is 0.339 e. The predicted molar refractivity (Wildman–Crippen MR) is 71.1 cm³/mol. The maximum Gasteiger partial charge on any atom is 0.148 e. The molecule has 0 aliphatic carbocycles. The number of nitrogens with one attached hydrogen (secondary N) is 1. The molecule has 0 aliphatic heterocycles. The second-order valence-corrected chi connectivity index (χ2v) is 4.45. The first kappa shape index (κ1) is 11.6. The van der Waals surface area contributed by atoms with Crippen LogP contribution in [0.5, 0.6) is 0 Å². The number of nitriles is 1. The number of aromatic nitrogens is 1. The highest BCUT2D eigenvalue weighted by Gasteiger charge is 2.03. The van der Waals surface area contributed by atoms with Gasteiger partial charge in [-0.05, 0) is 36.8 Å². The molecule has 0 spiro atoms. The third kappa shape index (κ3) is 2.63. The molecule has 4 heteroatoms. The number of pyridine rings is 1. The summed E-state index contributed by atoms with van der Waals surface area (Å²) in [6.45, 7) is 2.02. The molecule has 17 heavy (non-hydrogen) atoms. The van der Waals surface area contributed by atoms with Crippen molar-refractivity contribution in [3.8, 4) is 6.07 Å². The van der Waals surface area contributed by atoms with Crippen LogP contribution in [0.15, 0.2) is 41.0 Å². The Balaban J connectivity index is 2.32. The van der Waals surface area contributed by atoms with Crippen LogP contribution in [0.4, 0.5) is 11.5 Å². The van der Waals surface area contributed by atoms with E-state index in [9.17, 15) is 0 Å². The second kappa shape index (κ2) is 4.98. The molecule has 1 heterocycles. The topological polar surface area (TPSA) is 48.7 Å². The molecule has 0 fully saturated rings. The number of nitrogens with zero attached hydrogens (tertiary/aromatic N) is 2. The van der Waals surface area contributed by atoms with Crippen LogP contribution >= 0.6 is 15.9 Å². The summed E-state index contributed by atoms with van der Waals surface area (Å²) in [7, 11) is 0. The van der Waals surface area contributed by atoms with E-state index in [1.54, 1.807) is 18.3 Å². The van der Waals surface area contributed by atoms with E-state index in [4.69, 9.17) is 5.26 Å². The van der Waals surface area contributed by atoms with E-state index in [1.165, 1.54) is 0 Å². The number of halogens is 1. The lowest BCUT2D eigenvalue weighted by atomic mass is 10.2. The smallest absolute Gasteiger partial charge is 0.148 e. The molecule has 0 saturated heterocycles. The quantitative estimate of drug-likeness (QED) is 0.915. The van der Waals surface area contributed by atoms with Crippen LogP contribution in [0.3, 0.4) is 0 Å². The Morgan fingerprint density at radius 2 is 2.18 bits per heavy atom. The van der Waals surface area contributed by atoms with Crippen molar-refractivity contribution in [2.45, 2.75) is 6.92 Å². The van der Waals surface area contributed by atoms with Crippen LogP contribution < -0.4 is 5.32 Å². The highest BCUT2D eigenvalue weighted by molar-refractivity contribution is 9.10. The first-order chi connectivity index (χ1) is 8.20. The van der Waals surface area contributed by atoms with Gasteiger partial charge in [0.15, 0.2) is 0 Å². The number of benzene rings is 1. The summed E-state index contributed by atoms with van der Waals surface area (Å²) in [5.41, 5.74) is 2.60. The first-order valence-corrected chi connectivity index (χ1v) is 5.88. The molecule has 0 unspecified atom stereocenters. The monoisotopic (exact) mass is 287 g/mol. The Morgan fingerprint density at radius 3 is 2.88 bits per heavy atom. The van der Waals surface area contributed by atoms with E-state index in [-0.39, 0.29) is 0 Å². The van der Waals surface area contributed by atoms with E-state index in [1.807, 2.05) is 25.1 Å². The molecule has 3 nitrogen and oxygen atoms in total. The summed E-state index contributed by atoms with van der Waals surface area (Å²) >= 11 is 3.47. The molecule has 0 atom stereocenters. The Hall–Kier alpha value is -1.86. The van der Waals surface area contributed by atoms with Gasteiger partial charge in [-0.15, -0.1) is 0 Å². The summed E-state index contributed by atoms with van der Waals surface area (Å²) in [6.07, 6.45) is 1.66. The average molecular weight is 288 g/mol. The summed E-state index contributed by atoms with van der Waals surface area (Å²) in [5.74, 6) is 0.575. The summed E-state index contributed by atoms with van der Waals surface area (Å²) in [5, 5.41) is 12.1. The van der Waals surface area contributed by atoms with Crippen molar-refractivity contribution in [2.24, 2.45) is 0 Å². The van der Waals surface area contributed by atoms with Gasteiger partial charge < -0.3 is 5.32 Å². The van der Waals surface area contributed by atoms with Gasteiger partial charge in [0.1, 0.15) is 11.9 Å². The Kier molecular flexibility index (Phi) is 3.40. The Labute approximate surface area is 108 Å². The number of rotatable bonds is 2. The number of hydrogen-bond donors (Lipinski definition) is 1. The van der Waals surface area contributed by atoms with Crippen LogP contribution in [0.25, 0.3) is 0 Å². The standard InChI is InChI=1S/C13H10BrN3/c1-9-4-5-11(7-12(9)14)17-13-10(8-15)3-2-6-16-13/h2-7H,1H3,(H,16,17). The van der Waals surface area contributed by atoms with E-state index >= 15 is 0 Å². The number of hydrogen-bond acceptors (Lipinski definition) is 3. The van der Waals surface area contributed by atoms with E-state index in [0.29, 0.717) is 11.4 Å². The maximum atomic E-state index is 8.96. The van der Waals surface area contributed by atoms with E-state index < -0.39 is 0 Å². The maximum absolute atomic E-state index is 8.96. The van der Waals surface area contributed by atoms with Gasteiger partial charge in [-0.2, -0.15) is 5.26 Å². The molecule has 1 aromatic carbocycles. The molecule has 2 rings (SSSR count). The van der Waals surface area contributed by atoms with E-state index in [2.05, 4.69) is 32.3 Å². The molecule has 0 radical (unpaired) electrons. The lowest BCUT2D eigenvalue weighted by Gasteiger charge is -2.08. The molecule has 0 bridgehead atoms. The van der Waals surface area contributed by atoms with Gasteiger partial charge in [-0.25, -0.2) is 4.98 Å². The van der Waals surface area contributed by atoms with Gasteiger partial charge in [-0.1, -0.05) is 22.0 Å². The van der Waals surface area contributed by atoms with Gasteiger partial charge in [0.25, 0.3) is 0 Å². The van der Waals surface area contributed by atoms with E-state index in [0.717, 1.165) is 15.7 Å². The van der Waals surface area contributed by atoms with Crippen molar-refractivity contribution < 1.29 is 0 Å². The fourth-order valence-corrected chi connectivity index (χ4v) is 1.78. The average Bonchev–Trinajstić information content (AvgIpc) is 2.34. The van der Waals surface area contributed by atoms with Gasteiger partial charge in [-0.3, -0.25) is 0 Å². The molecule has 1 aromatic heterocycles. The van der Waals surface area contributed by atoms with Gasteiger partial charge >= 0.3 is 0 Å². The lowest BCUT2D eigenvalue weighted by molar-refractivity contribution is 1.28. The van der Waals surface area contributed by atoms with Crippen molar-refractivity contribution in [1.29, 1.82) is 5.26 Å². The lowest BCUT2D eigenvalue weighted by Crippen LogP contribution is -1.96. The molecule has 2 aromatic rings. The molecular weight excluding hydrogens is 278 g/mol. The normalized spacial score (nSPS) is 9.71. The van der Waals surface area contributed by atoms with Crippen molar-refractivity contribution >= 4 is 27.4 Å². The van der Waals surface area contributed by atoms with Crippen LogP contribution in [-0.4, -0.2) is 4.98 Å². The van der Waals surface area contributed by atoms with Gasteiger partial charge in [0, 0.05) is 16.4 Å². The zero-order valence-corrected chi connectivity index (χ0v) is 10.8. The van der Waals surface area contributed by atoms with Crippen molar-refractivity contribution in [3.63, 3.8) is 0 Å². The highest BCUT2D eigenvalue weighted by Crippen LogP contribution is 2.23. The minimum absolute atomic E-state index is 0.532. The van der Waals surface area contributed by atoms with Gasteiger partial charge in [0.05, 0.1) is 5.56 Å². The van der Waals surface area contributed by atoms with Crippen LogP contribution in [-0.2, 0) is 0 Å². The Morgan fingerprint density at radius 1 is 1.35 bits per heavy atom. The van der Waals surface area contributed by atoms with Crippen LogP contribution in [0.2, 0.25) is 0 Å². The highest BCUT2D eigenvalue weighted by atomic mass is 79.9. The summed E-state index contributed by atoms with van der Waals surface area (Å²) in [4.78, 5) is 4.15. The number of aryl methyl sites for hydroxylation is 1. The second-order valence-electron chi connectivity index (χ2n) is 3.60. The SMILES string of the molecule is Cc1ccc(Nc2ncccc2C#N)cc1Br.